The van der Waals surface area contributed by atoms with Crippen molar-refractivity contribution in [3.8, 4) is 0 Å². The van der Waals surface area contributed by atoms with Crippen LogP contribution in [0.15, 0.2) is 88.8 Å². The molecular weight excluding hydrogens is 623 g/mol. The third-order valence-electron chi connectivity index (χ3n) is 8.94. The van der Waals surface area contributed by atoms with Gasteiger partial charge < -0.3 is 37.3 Å². The fourth-order valence-electron chi connectivity index (χ4n) is 6.13. The molecule has 3 aromatic carbocycles. The molecule has 48 heavy (non-hydrogen) atoms. The molecule has 1 aromatic heterocycles. The lowest BCUT2D eigenvalue weighted by Crippen LogP contribution is -2.57. The first-order valence-corrected chi connectivity index (χ1v) is 17.6. The van der Waals surface area contributed by atoms with Crippen LogP contribution in [0.5, 0.6) is 0 Å². The molecule has 1 unspecified atom stereocenters. The average molecular weight is 670 g/mol. The Balaban J connectivity index is 1.53. The number of benzene rings is 3. The largest absolute Gasteiger partial charge is 0.361 e. The summed E-state index contributed by atoms with van der Waals surface area (Å²) in [5.74, 6) is -0.848. The number of fused-ring (bicyclic) bond motifs is 3. The predicted molar refractivity (Wildman–Crippen MR) is 191 cm³/mol. The quantitative estimate of drug-likeness (QED) is 0.148. The topological polar surface area (TPSA) is 158 Å². The monoisotopic (exact) mass is 669 g/mol. The van der Waals surface area contributed by atoms with Crippen LogP contribution in [0.1, 0.15) is 48.8 Å². The zero-order chi connectivity index (χ0) is 33.9. The molecule has 5 rings (SSSR count). The van der Waals surface area contributed by atoms with E-state index in [0.29, 0.717) is 64.7 Å². The first-order chi connectivity index (χ1) is 23.4. The summed E-state index contributed by atoms with van der Waals surface area (Å²) in [6.07, 6.45) is 5.14. The van der Waals surface area contributed by atoms with Crippen molar-refractivity contribution in [1.29, 1.82) is 0 Å². The van der Waals surface area contributed by atoms with Gasteiger partial charge in [0.1, 0.15) is 12.1 Å². The highest BCUT2D eigenvalue weighted by molar-refractivity contribution is 7.99. The van der Waals surface area contributed by atoms with E-state index in [0.717, 1.165) is 37.4 Å². The van der Waals surface area contributed by atoms with Crippen molar-refractivity contribution < 1.29 is 14.4 Å². The van der Waals surface area contributed by atoms with E-state index in [2.05, 4.69) is 33.1 Å². The van der Waals surface area contributed by atoms with Gasteiger partial charge in [-0.15, -0.1) is 0 Å². The van der Waals surface area contributed by atoms with Crippen LogP contribution in [0.4, 0.5) is 0 Å². The lowest BCUT2D eigenvalue weighted by molar-refractivity contribution is -0.142. The Morgan fingerprint density at radius 2 is 1.42 bits per heavy atom. The lowest BCUT2D eigenvalue weighted by Gasteiger charge is -2.32. The number of nitrogens with one attached hydrogen (secondary N) is 4. The van der Waals surface area contributed by atoms with Crippen molar-refractivity contribution >= 4 is 40.4 Å². The molecule has 3 amide bonds. The summed E-state index contributed by atoms with van der Waals surface area (Å²) in [6, 6.07) is 21.8. The van der Waals surface area contributed by atoms with Crippen molar-refractivity contribution in [2.75, 3.05) is 20.1 Å². The van der Waals surface area contributed by atoms with Gasteiger partial charge in [-0.05, 0) is 80.1 Å². The summed E-state index contributed by atoms with van der Waals surface area (Å²) < 4.78 is 0. The zero-order valence-corrected chi connectivity index (χ0v) is 28.4. The number of hydrogen-bond acceptors (Lipinski definition) is 7. The number of carbonyl (C=O) groups excluding carboxylic acids is 3. The minimum absolute atomic E-state index is 0.264. The van der Waals surface area contributed by atoms with E-state index in [4.69, 9.17) is 11.5 Å². The maximum absolute atomic E-state index is 14.3. The van der Waals surface area contributed by atoms with Gasteiger partial charge in [0.2, 0.25) is 17.7 Å². The maximum Gasteiger partial charge on any atom is 0.245 e. The molecule has 1 aliphatic rings. The number of unbranched alkanes of at least 4 members (excludes halogenated alkanes) is 1. The second-order valence-electron chi connectivity index (χ2n) is 12.3. The molecule has 0 bridgehead atoms. The number of carbonyl (C=O) groups is 3. The molecule has 0 aliphatic carbocycles. The van der Waals surface area contributed by atoms with Crippen LogP contribution >= 0.6 is 11.8 Å². The molecule has 254 valence electrons. The first-order valence-electron chi connectivity index (χ1n) is 16.8. The zero-order valence-electron chi connectivity index (χ0n) is 27.5. The van der Waals surface area contributed by atoms with Gasteiger partial charge in [0.05, 0.1) is 6.04 Å². The number of H-pyrrole nitrogens is 1. The summed E-state index contributed by atoms with van der Waals surface area (Å²) in [6.45, 7) is 1.69. The standard InChI is InChI=1S/C37H47N7O3S/c1-44-32(21-27-24-40-29-14-5-4-13-28(27)29)36(46)42-23-26-12-3-7-18-34(26)48-33-17-6-2-11-25(33)22-41-30(16-10-20-39)35(45)43-31(37(44)47)15-8-9-19-38/h2-7,11-14,17-18,24,30-32,40-41H,8-10,15-16,19-23,38-39H2,1H3,(H,42,46)(H,43,45)/t30?,31-,32-/m0/s1. The highest BCUT2D eigenvalue weighted by Crippen LogP contribution is 2.33. The van der Waals surface area contributed by atoms with E-state index in [1.807, 2.05) is 66.9 Å². The summed E-state index contributed by atoms with van der Waals surface area (Å²) >= 11 is 1.63. The van der Waals surface area contributed by atoms with Gasteiger partial charge in [-0.25, -0.2) is 0 Å². The van der Waals surface area contributed by atoms with Crippen molar-refractivity contribution in [2.24, 2.45) is 11.5 Å². The number of likely N-dealkylation sites (N-methyl/N-ethyl adjacent to an activating group) is 1. The Hall–Kier alpha value is -4.16. The van der Waals surface area contributed by atoms with Gasteiger partial charge in [-0.3, -0.25) is 14.4 Å². The second-order valence-corrected chi connectivity index (χ2v) is 13.4. The highest BCUT2D eigenvalue weighted by Gasteiger charge is 2.34. The predicted octanol–water partition coefficient (Wildman–Crippen LogP) is 3.83. The highest BCUT2D eigenvalue weighted by atomic mass is 32.2. The number of nitrogens with zero attached hydrogens (tertiary/aromatic N) is 1. The molecule has 0 fully saturated rings. The minimum atomic E-state index is -0.826. The molecule has 10 nitrogen and oxygen atoms in total. The summed E-state index contributed by atoms with van der Waals surface area (Å²) in [4.78, 5) is 49.2. The number of nitrogens with two attached hydrogens (primary N) is 2. The molecule has 11 heteroatoms. The summed E-state index contributed by atoms with van der Waals surface area (Å²) in [5, 5.41) is 10.7. The number of amides is 3. The average Bonchev–Trinajstić information content (AvgIpc) is 3.52. The third-order valence-corrected chi connectivity index (χ3v) is 10.2. The Kier molecular flexibility index (Phi) is 12.7. The molecule has 0 saturated carbocycles. The maximum atomic E-state index is 14.3. The van der Waals surface area contributed by atoms with Crippen LogP contribution in [0, 0.1) is 0 Å². The summed E-state index contributed by atoms with van der Waals surface area (Å²) in [7, 11) is 1.66. The Labute approximate surface area is 286 Å². The molecule has 8 N–H and O–H groups in total. The Morgan fingerprint density at radius 1 is 0.771 bits per heavy atom. The minimum Gasteiger partial charge on any atom is -0.361 e. The van der Waals surface area contributed by atoms with E-state index >= 15 is 0 Å². The molecule has 3 atom stereocenters. The van der Waals surface area contributed by atoms with Gasteiger partial charge in [0, 0.05) is 53.4 Å². The van der Waals surface area contributed by atoms with Crippen molar-refractivity contribution in [1.82, 2.24) is 25.8 Å². The molecule has 0 radical (unpaired) electrons. The number of aromatic nitrogens is 1. The van der Waals surface area contributed by atoms with Crippen LogP contribution in [0.3, 0.4) is 0 Å². The third kappa shape index (κ3) is 8.84. The molecule has 1 aliphatic heterocycles. The van der Waals surface area contributed by atoms with E-state index in [9.17, 15) is 14.4 Å². The second kappa shape index (κ2) is 17.3. The van der Waals surface area contributed by atoms with E-state index in [-0.39, 0.29) is 17.7 Å². The first kappa shape index (κ1) is 35.2. The van der Waals surface area contributed by atoms with Gasteiger partial charge in [0.15, 0.2) is 0 Å². The molecule has 0 saturated heterocycles. The smallest absolute Gasteiger partial charge is 0.245 e. The fourth-order valence-corrected chi connectivity index (χ4v) is 7.21. The van der Waals surface area contributed by atoms with Crippen LogP contribution < -0.4 is 27.4 Å². The number of rotatable bonds is 9. The van der Waals surface area contributed by atoms with E-state index < -0.39 is 18.1 Å². The fraction of sp³-hybridized carbons (Fsp3) is 0.378. The number of aromatic amines is 1. The van der Waals surface area contributed by atoms with Crippen molar-refractivity contribution in [3.63, 3.8) is 0 Å². The van der Waals surface area contributed by atoms with Crippen molar-refractivity contribution in [2.45, 2.75) is 79.5 Å². The molecule has 4 aromatic rings. The number of hydrogen-bond donors (Lipinski definition) is 6. The van der Waals surface area contributed by atoms with Crippen LogP contribution in [0.25, 0.3) is 10.9 Å². The number of para-hydroxylation sites is 1. The van der Waals surface area contributed by atoms with E-state index in [1.54, 1.807) is 18.8 Å². The van der Waals surface area contributed by atoms with Crippen LogP contribution in [-0.4, -0.2) is 65.9 Å². The van der Waals surface area contributed by atoms with Crippen molar-refractivity contribution in [3.05, 3.63) is 95.7 Å². The molecule has 2 heterocycles. The Bertz CT molecular complexity index is 1690. The van der Waals surface area contributed by atoms with Gasteiger partial charge in [-0.2, -0.15) is 0 Å². The molecular formula is C37H47N7O3S. The van der Waals surface area contributed by atoms with Crippen LogP contribution in [0.2, 0.25) is 0 Å². The summed E-state index contributed by atoms with van der Waals surface area (Å²) in [5.41, 5.74) is 15.6. The SMILES string of the molecule is CN1C(=O)[C@H](CCCCN)NC(=O)C(CCCN)NCc2ccccc2Sc2ccccc2CNC(=O)[C@@H]1Cc1c[nH]c2ccccc12. The van der Waals surface area contributed by atoms with E-state index in [1.165, 1.54) is 4.90 Å². The normalized spacial score (nSPS) is 19.7. The van der Waals surface area contributed by atoms with Crippen LogP contribution in [-0.2, 0) is 33.9 Å². The van der Waals surface area contributed by atoms with Gasteiger partial charge in [0.25, 0.3) is 0 Å². The Morgan fingerprint density at radius 3 is 2.15 bits per heavy atom. The molecule has 0 spiro atoms. The lowest BCUT2D eigenvalue weighted by atomic mass is 10.0. The van der Waals surface area contributed by atoms with Gasteiger partial charge in [-0.1, -0.05) is 66.4 Å². The van der Waals surface area contributed by atoms with Gasteiger partial charge >= 0.3 is 0 Å².